The van der Waals surface area contributed by atoms with Crippen LogP contribution in [0, 0.1) is 5.82 Å². The number of hydrogen-bond acceptors (Lipinski definition) is 6. The summed E-state index contributed by atoms with van der Waals surface area (Å²) in [7, 11) is 2.01. The number of halogens is 2. The number of aromatic nitrogens is 1. The van der Waals surface area contributed by atoms with Gasteiger partial charge in [-0.05, 0) is 44.3 Å². The van der Waals surface area contributed by atoms with Crippen molar-refractivity contribution in [1.29, 1.82) is 0 Å². The second-order valence-corrected chi connectivity index (χ2v) is 9.51. The lowest BCUT2D eigenvalue weighted by molar-refractivity contribution is 0.0845. The quantitative estimate of drug-likeness (QED) is 0.523. The molecule has 3 heterocycles. The summed E-state index contributed by atoms with van der Waals surface area (Å²) >= 11 is 5.84. The molecule has 1 unspecified atom stereocenters. The van der Waals surface area contributed by atoms with Gasteiger partial charge in [-0.25, -0.2) is 4.39 Å². The van der Waals surface area contributed by atoms with Gasteiger partial charge in [-0.15, -0.1) is 0 Å². The normalized spacial score (nSPS) is 17.6. The second kappa shape index (κ2) is 9.44. The first-order valence-electron chi connectivity index (χ1n) is 11.6. The highest BCUT2D eigenvalue weighted by Gasteiger charge is 2.31. The van der Waals surface area contributed by atoms with E-state index in [1.54, 1.807) is 16.7 Å². The summed E-state index contributed by atoms with van der Waals surface area (Å²) in [5.41, 5.74) is 4.77. The SMILES string of the molecule is CC1COc2c(N3CCN(C)CC3)c(F)cc3c(=O)c(C(=O)NNC(=O)c4ccc(Cl)cc4)cn1c23. The maximum Gasteiger partial charge on any atom is 0.275 e. The average Bonchev–Trinajstić information content (AvgIpc) is 2.86. The zero-order valence-electron chi connectivity index (χ0n) is 19.8. The summed E-state index contributed by atoms with van der Waals surface area (Å²) in [6.45, 7) is 4.95. The Hall–Kier alpha value is -3.63. The van der Waals surface area contributed by atoms with Gasteiger partial charge in [-0.2, -0.15) is 0 Å². The number of nitrogens with zero attached hydrogens (tertiary/aromatic N) is 3. The van der Waals surface area contributed by atoms with E-state index in [0.717, 1.165) is 13.1 Å². The van der Waals surface area contributed by atoms with Gasteiger partial charge in [0.25, 0.3) is 11.8 Å². The van der Waals surface area contributed by atoms with Crippen molar-refractivity contribution in [3.63, 3.8) is 0 Å². The van der Waals surface area contributed by atoms with E-state index in [4.69, 9.17) is 16.3 Å². The fourth-order valence-electron chi connectivity index (χ4n) is 4.55. The molecular formula is C25H25ClFN5O4. The Labute approximate surface area is 211 Å². The van der Waals surface area contributed by atoms with Crippen LogP contribution in [-0.4, -0.2) is 61.1 Å². The topological polar surface area (TPSA) is 95.9 Å². The van der Waals surface area contributed by atoms with Crippen LogP contribution in [0.4, 0.5) is 10.1 Å². The molecule has 1 fully saturated rings. The number of hydrazine groups is 1. The molecule has 188 valence electrons. The molecule has 11 heteroatoms. The van der Waals surface area contributed by atoms with Crippen molar-refractivity contribution < 1.29 is 18.7 Å². The summed E-state index contributed by atoms with van der Waals surface area (Å²) in [5, 5.41) is 0.512. The highest BCUT2D eigenvalue weighted by molar-refractivity contribution is 6.30. The number of benzene rings is 2. The molecule has 0 aliphatic carbocycles. The highest BCUT2D eigenvalue weighted by Crippen LogP contribution is 2.42. The van der Waals surface area contributed by atoms with Crippen LogP contribution in [0.15, 0.2) is 41.3 Å². The fourth-order valence-corrected chi connectivity index (χ4v) is 4.68. The first-order valence-corrected chi connectivity index (χ1v) is 12.0. The third-order valence-corrected chi connectivity index (χ3v) is 6.85. The Bertz CT molecular complexity index is 1420. The lowest BCUT2D eigenvalue weighted by atomic mass is 10.0. The van der Waals surface area contributed by atoms with Crippen LogP contribution >= 0.6 is 11.6 Å². The lowest BCUT2D eigenvalue weighted by Crippen LogP contribution is -2.45. The summed E-state index contributed by atoms with van der Waals surface area (Å²) in [6.07, 6.45) is 1.44. The molecule has 1 atom stereocenters. The first-order chi connectivity index (χ1) is 17.2. The molecule has 5 rings (SSSR count). The Morgan fingerprint density at radius 2 is 1.75 bits per heavy atom. The van der Waals surface area contributed by atoms with Gasteiger partial charge in [0.2, 0.25) is 5.43 Å². The fraction of sp³-hybridized carbons (Fsp3) is 0.320. The molecule has 1 aromatic heterocycles. The average molecular weight is 514 g/mol. The summed E-state index contributed by atoms with van der Waals surface area (Å²) < 4.78 is 23.2. The van der Waals surface area contributed by atoms with Crippen LogP contribution < -0.4 is 25.9 Å². The number of carbonyl (C=O) groups is 2. The van der Waals surface area contributed by atoms with Gasteiger partial charge in [-0.1, -0.05) is 11.6 Å². The summed E-state index contributed by atoms with van der Waals surface area (Å²) in [5.74, 6) is -1.65. The molecule has 0 bridgehead atoms. The molecule has 2 aliphatic rings. The third kappa shape index (κ3) is 4.27. The molecular weight excluding hydrogens is 489 g/mol. The third-order valence-electron chi connectivity index (χ3n) is 6.60. The van der Waals surface area contributed by atoms with Gasteiger partial charge >= 0.3 is 0 Å². The van der Waals surface area contributed by atoms with Crippen molar-refractivity contribution in [2.24, 2.45) is 0 Å². The van der Waals surface area contributed by atoms with E-state index in [2.05, 4.69) is 15.8 Å². The molecule has 2 amide bonds. The van der Waals surface area contributed by atoms with Crippen LogP contribution in [0.3, 0.4) is 0 Å². The van der Waals surface area contributed by atoms with Crippen LogP contribution in [-0.2, 0) is 0 Å². The number of hydrogen-bond donors (Lipinski definition) is 2. The van der Waals surface area contributed by atoms with E-state index in [1.165, 1.54) is 24.4 Å². The maximum atomic E-state index is 15.4. The maximum absolute atomic E-state index is 15.4. The van der Waals surface area contributed by atoms with Gasteiger partial charge in [0.1, 0.15) is 17.9 Å². The van der Waals surface area contributed by atoms with E-state index < -0.39 is 23.1 Å². The molecule has 0 spiro atoms. The molecule has 2 N–H and O–H groups in total. The summed E-state index contributed by atoms with van der Waals surface area (Å²) in [6, 6.07) is 7.07. The number of likely N-dealkylation sites (N-methyl/N-ethyl adjacent to an activating group) is 1. The minimum Gasteiger partial charge on any atom is -0.487 e. The Morgan fingerprint density at radius 3 is 2.44 bits per heavy atom. The smallest absolute Gasteiger partial charge is 0.275 e. The minimum atomic E-state index is -0.809. The molecule has 9 nitrogen and oxygen atoms in total. The Kier molecular flexibility index (Phi) is 6.31. The van der Waals surface area contributed by atoms with E-state index in [0.29, 0.717) is 35.1 Å². The first kappa shape index (κ1) is 24.1. The van der Waals surface area contributed by atoms with E-state index in [1.807, 2.05) is 18.9 Å². The van der Waals surface area contributed by atoms with Crippen LogP contribution in [0.25, 0.3) is 10.9 Å². The molecule has 0 radical (unpaired) electrons. The molecule has 0 saturated carbocycles. The number of nitrogens with one attached hydrogen (secondary N) is 2. The highest BCUT2D eigenvalue weighted by atomic mass is 35.5. The standard InChI is InChI=1S/C25H25ClFN5O4/c1-14-13-36-23-20-17(11-19(27)21(23)31-9-7-30(2)8-10-31)22(33)18(12-32(14)20)25(35)29-28-24(34)15-3-5-16(26)6-4-15/h3-6,11-12,14H,7-10,13H2,1-2H3,(H,28,34)(H,29,35). The van der Waals surface area contributed by atoms with Gasteiger partial charge in [0.05, 0.1) is 16.9 Å². The second-order valence-electron chi connectivity index (χ2n) is 9.08. The number of rotatable bonds is 3. The van der Waals surface area contributed by atoms with E-state index in [9.17, 15) is 14.4 Å². The van der Waals surface area contributed by atoms with Crippen molar-refractivity contribution in [3.05, 3.63) is 68.7 Å². The number of pyridine rings is 1. The van der Waals surface area contributed by atoms with Crippen molar-refractivity contribution in [3.8, 4) is 5.75 Å². The Balaban J connectivity index is 1.50. The van der Waals surface area contributed by atoms with Crippen molar-refractivity contribution in [1.82, 2.24) is 20.3 Å². The van der Waals surface area contributed by atoms with E-state index >= 15 is 4.39 Å². The monoisotopic (exact) mass is 513 g/mol. The van der Waals surface area contributed by atoms with Gasteiger partial charge < -0.3 is 19.1 Å². The predicted molar refractivity (Wildman–Crippen MR) is 134 cm³/mol. The lowest BCUT2D eigenvalue weighted by Gasteiger charge is -2.37. The molecule has 2 aliphatic heterocycles. The minimum absolute atomic E-state index is 0.0450. The van der Waals surface area contributed by atoms with Gasteiger partial charge in [0, 0.05) is 43.0 Å². The van der Waals surface area contributed by atoms with Crippen molar-refractivity contribution in [2.75, 3.05) is 44.7 Å². The molecule has 3 aromatic rings. The van der Waals surface area contributed by atoms with Crippen LogP contribution in [0.2, 0.25) is 5.02 Å². The predicted octanol–water partition coefficient (Wildman–Crippen LogP) is 2.57. The number of piperazine rings is 1. The number of anilines is 1. The number of amides is 2. The van der Waals surface area contributed by atoms with Gasteiger partial charge in [-0.3, -0.25) is 25.2 Å². The zero-order chi connectivity index (χ0) is 25.6. The molecule has 1 saturated heterocycles. The number of carbonyl (C=O) groups excluding carboxylic acids is 2. The van der Waals surface area contributed by atoms with Crippen LogP contribution in [0.5, 0.6) is 5.75 Å². The Morgan fingerprint density at radius 1 is 1.08 bits per heavy atom. The molecule has 2 aromatic carbocycles. The molecule has 36 heavy (non-hydrogen) atoms. The van der Waals surface area contributed by atoms with E-state index in [-0.39, 0.29) is 29.2 Å². The van der Waals surface area contributed by atoms with Crippen molar-refractivity contribution >= 4 is 40.0 Å². The largest absolute Gasteiger partial charge is 0.487 e. The van der Waals surface area contributed by atoms with Crippen LogP contribution in [0.1, 0.15) is 33.7 Å². The summed E-state index contributed by atoms with van der Waals surface area (Å²) in [4.78, 5) is 42.7. The van der Waals surface area contributed by atoms with Crippen molar-refractivity contribution in [2.45, 2.75) is 13.0 Å². The zero-order valence-corrected chi connectivity index (χ0v) is 20.6. The van der Waals surface area contributed by atoms with Gasteiger partial charge in [0.15, 0.2) is 11.6 Å². The number of ether oxygens (including phenoxy) is 1.